The summed E-state index contributed by atoms with van der Waals surface area (Å²) < 4.78 is 56.8. The normalized spacial score (nSPS) is 18.3. The Kier molecular flexibility index (Phi) is 7.09. The molecular formula is C24H26FN5O6S. The Hall–Kier alpha value is -3.55. The Bertz CT molecular complexity index is 1370. The van der Waals surface area contributed by atoms with Crippen LogP contribution in [0.15, 0.2) is 53.6 Å². The summed E-state index contributed by atoms with van der Waals surface area (Å²) in [7, 11) is -3.94. The van der Waals surface area contributed by atoms with Crippen molar-refractivity contribution in [2.45, 2.75) is 31.1 Å². The lowest BCUT2D eigenvalue weighted by atomic mass is 10.2. The number of cyclic esters (lactones) is 1. The summed E-state index contributed by atoms with van der Waals surface area (Å²) in [6.45, 7) is 4.25. The Labute approximate surface area is 213 Å². The SMILES string of the molecule is Cc1ccc(S(=O)(=O)OCc2cn(C[C@H]3CN(c4ccc(N5CCOCC5)c(F)c4)C(=O)O3)nn2)cc1. The summed E-state index contributed by atoms with van der Waals surface area (Å²) in [5.41, 5.74) is 2.11. The molecule has 196 valence electrons. The summed E-state index contributed by atoms with van der Waals surface area (Å²) in [5.74, 6) is -0.419. The van der Waals surface area contributed by atoms with Crippen LogP contribution in [-0.2, 0) is 36.9 Å². The van der Waals surface area contributed by atoms with Crippen molar-refractivity contribution >= 4 is 27.6 Å². The van der Waals surface area contributed by atoms with Gasteiger partial charge in [0.05, 0.1) is 48.8 Å². The summed E-state index contributed by atoms with van der Waals surface area (Å²) in [4.78, 5) is 15.8. The minimum atomic E-state index is -3.94. The van der Waals surface area contributed by atoms with Crippen LogP contribution in [0.4, 0.5) is 20.6 Å². The Morgan fingerprint density at radius 3 is 2.62 bits per heavy atom. The van der Waals surface area contributed by atoms with Gasteiger partial charge in [-0.1, -0.05) is 22.9 Å². The summed E-state index contributed by atoms with van der Waals surface area (Å²) in [5, 5.41) is 7.91. The maximum absolute atomic E-state index is 14.8. The number of anilines is 2. The molecule has 11 nitrogen and oxygen atoms in total. The zero-order valence-electron chi connectivity index (χ0n) is 20.1. The Morgan fingerprint density at radius 1 is 1.14 bits per heavy atom. The second-order valence-corrected chi connectivity index (χ2v) is 10.4. The summed E-state index contributed by atoms with van der Waals surface area (Å²) in [6.07, 6.45) is 0.385. The number of nitrogens with zero attached hydrogens (tertiary/aromatic N) is 5. The van der Waals surface area contributed by atoms with Gasteiger partial charge in [0.25, 0.3) is 10.1 Å². The standard InChI is InChI=1S/C24H26FN5O6S/c1-17-2-5-21(6-3-17)37(32,33)35-16-18-13-29(27-26-18)14-20-15-30(24(31)36-20)19-4-7-23(22(25)12-19)28-8-10-34-11-9-28/h2-7,12-13,20H,8-11,14-16H2,1H3/t20-/m0/s1. The minimum Gasteiger partial charge on any atom is -0.442 e. The number of aromatic nitrogens is 3. The van der Waals surface area contributed by atoms with Crippen molar-refractivity contribution in [3.63, 3.8) is 0 Å². The molecule has 3 aromatic rings. The first kappa shape index (κ1) is 25.1. The van der Waals surface area contributed by atoms with Gasteiger partial charge < -0.3 is 14.4 Å². The van der Waals surface area contributed by atoms with E-state index in [1.165, 1.54) is 34.0 Å². The number of rotatable bonds is 8. The first-order valence-corrected chi connectivity index (χ1v) is 13.1. The molecular weight excluding hydrogens is 505 g/mol. The molecule has 2 fully saturated rings. The second kappa shape index (κ2) is 10.4. The highest BCUT2D eigenvalue weighted by Gasteiger charge is 2.33. The van der Waals surface area contributed by atoms with Crippen LogP contribution < -0.4 is 9.80 Å². The highest BCUT2D eigenvalue weighted by molar-refractivity contribution is 7.86. The first-order chi connectivity index (χ1) is 17.8. The number of ether oxygens (including phenoxy) is 2. The second-order valence-electron chi connectivity index (χ2n) is 8.81. The molecule has 13 heteroatoms. The Balaban J connectivity index is 1.18. The Morgan fingerprint density at radius 2 is 1.89 bits per heavy atom. The van der Waals surface area contributed by atoms with E-state index in [2.05, 4.69) is 10.3 Å². The molecule has 2 aliphatic heterocycles. The predicted molar refractivity (Wildman–Crippen MR) is 130 cm³/mol. The maximum Gasteiger partial charge on any atom is 0.414 e. The van der Waals surface area contributed by atoms with Crippen molar-refractivity contribution < 1.29 is 31.3 Å². The molecule has 2 aromatic carbocycles. The van der Waals surface area contributed by atoms with E-state index in [0.29, 0.717) is 43.4 Å². The fourth-order valence-corrected chi connectivity index (χ4v) is 5.05. The predicted octanol–water partition coefficient (Wildman–Crippen LogP) is 2.49. The van der Waals surface area contributed by atoms with E-state index >= 15 is 0 Å². The van der Waals surface area contributed by atoms with Gasteiger partial charge >= 0.3 is 6.09 Å². The maximum atomic E-state index is 14.8. The van der Waals surface area contributed by atoms with Gasteiger partial charge in [0.2, 0.25) is 0 Å². The van der Waals surface area contributed by atoms with Crippen LogP contribution in [0, 0.1) is 12.7 Å². The van der Waals surface area contributed by atoms with E-state index in [4.69, 9.17) is 13.7 Å². The van der Waals surface area contributed by atoms with E-state index in [-0.39, 0.29) is 24.6 Å². The highest BCUT2D eigenvalue weighted by atomic mass is 32.2. The molecule has 0 aliphatic carbocycles. The van der Waals surface area contributed by atoms with Crippen LogP contribution >= 0.6 is 0 Å². The molecule has 0 spiro atoms. The highest BCUT2D eigenvalue weighted by Crippen LogP contribution is 2.28. The van der Waals surface area contributed by atoms with Crippen LogP contribution in [0.3, 0.4) is 0 Å². The summed E-state index contributed by atoms with van der Waals surface area (Å²) >= 11 is 0. The van der Waals surface area contributed by atoms with Crippen molar-refractivity contribution in [1.82, 2.24) is 15.0 Å². The van der Waals surface area contributed by atoms with Gasteiger partial charge in [-0.25, -0.2) is 13.9 Å². The van der Waals surface area contributed by atoms with Gasteiger partial charge in [0.15, 0.2) is 0 Å². The van der Waals surface area contributed by atoms with Crippen molar-refractivity contribution in [2.75, 3.05) is 42.6 Å². The minimum absolute atomic E-state index is 0.0536. The lowest BCUT2D eigenvalue weighted by molar-refractivity contribution is 0.122. The van der Waals surface area contributed by atoms with Crippen molar-refractivity contribution in [3.05, 3.63) is 65.7 Å². The van der Waals surface area contributed by atoms with E-state index in [1.54, 1.807) is 24.3 Å². The number of amides is 1. The van der Waals surface area contributed by atoms with Crippen LogP contribution in [0.5, 0.6) is 0 Å². The third-order valence-electron chi connectivity index (χ3n) is 6.12. The van der Waals surface area contributed by atoms with Gasteiger partial charge in [-0.15, -0.1) is 5.10 Å². The average Bonchev–Trinajstić information content (AvgIpc) is 3.49. The largest absolute Gasteiger partial charge is 0.442 e. The number of morpholine rings is 1. The number of carbonyl (C=O) groups excluding carboxylic acids is 1. The van der Waals surface area contributed by atoms with Crippen LogP contribution in [0.1, 0.15) is 11.3 Å². The molecule has 37 heavy (non-hydrogen) atoms. The van der Waals surface area contributed by atoms with Gasteiger partial charge in [-0.05, 0) is 37.3 Å². The molecule has 0 saturated carbocycles. The van der Waals surface area contributed by atoms with Gasteiger partial charge in [-0.2, -0.15) is 8.42 Å². The first-order valence-electron chi connectivity index (χ1n) is 11.7. The topological polar surface area (TPSA) is 116 Å². The lowest BCUT2D eigenvalue weighted by Gasteiger charge is -2.29. The third-order valence-corrected chi connectivity index (χ3v) is 7.39. The van der Waals surface area contributed by atoms with Crippen LogP contribution in [0.25, 0.3) is 0 Å². The fraction of sp³-hybridized carbons (Fsp3) is 0.375. The molecule has 1 aromatic heterocycles. The molecule has 5 rings (SSSR count). The number of benzene rings is 2. The molecule has 1 amide bonds. The van der Waals surface area contributed by atoms with Gasteiger partial charge in [-0.3, -0.25) is 9.08 Å². The molecule has 0 bridgehead atoms. The molecule has 0 radical (unpaired) electrons. The summed E-state index contributed by atoms with van der Waals surface area (Å²) in [6, 6.07) is 11.0. The average molecular weight is 532 g/mol. The number of halogens is 1. The molecule has 2 aliphatic rings. The zero-order chi connectivity index (χ0) is 26.0. The smallest absolute Gasteiger partial charge is 0.414 e. The molecule has 3 heterocycles. The van der Waals surface area contributed by atoms with Crippen LogP contribution in [-0.4, -0.2) is 68.5 Å². The van der Waals surface area contributed by atoms with E-state index in [0.717, 1.165) is 5.56 Å². The third kappa shape index (κ3) is 5.73. The molecule has 0 unspecified atom stereocenters. The van der Waals surface area contributed by atoms with Gasteiger partial charge in [0, 0.05) is 13.1 Å². The number of hydrogen-bond donors (Lipinski definition) is 0. The van der Waals surface area contributed by atoms with E-state index in [9.17, 15) is 17.6 Å². The van der Waals surface area contributed by atoms with Crippen molar-refractivity contribution in [1.29, 1.82) is 0 Å². The monoisotopic (exact) mass is 531 g/mol. The van der Waals surface area contributed by atoms with E-state index in [1.807, 2.05) is 11.8 Å². The zero-order valence-corrected chi connectivity index (χ0v) is 20.9. The van der Waals surface area contributed by atoms with Gasteiger partial charge in [0.1, 0.15) is 24.2 Å². The molecule has 1 atom stereocenters. The van der Waals surface area contributed by atoms with Crippen LogP contribution in [0.2, 0.25) is 0 Å². The van der Waals surface area contributed by atoms with E-state index < -0.39 is 28.1 Å². The lowest BCUT2D eigenvalue weighted by Crippen LogP contribution is -2.36. The van der Waals surface area contributed by atoms with Crippen molar-refractivity contribution in [2.24, 2.45) is 0 Å². The quantitative estimate of drug-likeness (QED) is 0.404. The molecule has 0 N–H and O–H groups in total. The van der Waals surface area contributed by atoms with Crippen molar-refractivity contribution in [3.8, 4) is 0 Å². The molecule has 2 saturated heterocycles. The number of hydrogen-bond acceptors (Lipinski definition) is 9. The fourth-order valence-electron chi connectivity index (χ4n) is 4.17. The number of carbonyl (C=O) groups is 1. The number of aryl methyl sites for hydroxylation is 1.